The molecule has 0 unspecified atom stereocenters. The van der Waals surface area contributed by atoms with Crippen LogP contribution in [0.25, 0.3) is 0 Å². The standard InChI is InChI=1S/C17H20BrF2NO4/c1-10(2)9-21(16(23)25-17(3,4)5)14(22)13-11(18)7-6-8-12(13)24-15(19)20/h6-8,15H,1,9H2,2-5H3. The van der Waals surface area contributed by atoms with Gasteiger partial charge in [0.2, 0.25) is 0 Å². The molecule has 8 heteroatoms. The third kappa shape index (κ3) is 6.45. The number of amides is 2. The fourth-order valence-corrected chi connectivity index (χ4v) is 2.36. The molecule has 0 aliphatic rings. The molecule has 1 aromatic carbocycles. The van der Waals surface area contributed by atoms with Gasteiger partial charge in [0.1, 0.15) is 11.4 Å². The minimum Gasteiger partial charge on any atom is -0.443 e. The van der Waals surface area contributed by atoms with Gasteiger partial charge in [-0.1, -0.05) is 18.2 Å². The highest BCUT2D eigenvalue weighted by Gasteiger charge is 2.31. The van der Waals surface area contributed by atoms with Crippen LogP contribution in [0.3, 0.4) is 0 Å². The van der Waals surface area contributed by atoms with E-state index in [1.54, 1.807) is 27.7 Å². The van der Waals surface area contributed by atoms with Crippen LogP contribution in [0.4, 0.5) is 13.6 Å². The monoisotopic (exact) mass is 419 g/mol. The number of rotatable bonds is 5. The molecule has 0 heterocycles. The number of hydrogen-bond donors (Lipinski definition) is 0. The maximum Gasteiger partial charge on any atom is 0.417 e. The van der Waals surface area contributed by atoms with Gasteiger partial charge in [0.25, 0.3) is 5.91 Å². The van der Waals surface area contributed by atoms with E-state index in [0.717, 1.165) is 4.90 Å². The van der Waals surface area contributed by atoms with E-state index in [4.69, 9.17) is 4.74 Å². The fourth-order valence-electron chi connectivity index (χ4n) is 1.85. The van der Waals surface area contributed by atoms with Crippen molar-refractivity contribution < 1.29 is 27.8 Å². The van der Waals surface area contributed by atoms with E-state index < -0.39 is 24.2 Å². The smallest absolute Gasteiger partial charge is 0.417 e. The Morgan fingerprint density at radius 2 is 1.92 bits per heavy atom. The molecule has 0 aliphatic carbocycles. The Morgan fingerprint density at radius 3 is 2.40 bits per heavy atom. The van der Waals surface area contributed by atoms with Crippen molar-refractivity contribution in [2.24, 2.45) is 0 Å². The fraction of sp³-hybridized carbons (Fsp3) is 0.412. The van der Waals surface area contributed by atoms with Gasteiger partial charge in [-0.15, -0.1) is 0 Å². The zero-order valence-electron chi connectivity index (χ0n) is 14.4. The van der Waals surface area contributed by atoms with Gasteiger partial charge in [-0.2, -0.15) is 8.78 Å². The third-order valence-corrected chi connectivity index (χ3v) is 3.35. The Labute approximate surface area is 153 Å². The molecule has 0 fully saturated rings. The molecule has 0 atom stereocenters. The molecule has 5 nitrogen and oxygen atoms in total. The van der Waals surface area contributed by atoms with Crippen molar-refractivity contribution in [3.63, 3.8) is 0 Å². The van der Waals surface area contributed by atoms with Gasteiger partial charge in [-0.25, -0.2) is 9.69 Å². The second-order valence-corrected chi connectivity index (χ2v) is 7.17. The van der Waals surface area contributed by atoms with E-state index in [1.165, 1.54) is 18.2 Å². The summed E-state index contributed by atoms with van der Waals surface area (Å²) in [4.78, 5) is 26.0. The maximum absolute atomic E-state index is 12.9. The Bertz CT molecular complexity index is 671. The Balaban J connectivity index is 3.30. The first kappa shape index (κ1) is 21.1. The van der Waals surface area contributed by atoms with Crippen LogP contribution in [0, 0.1) is 0 Å². The number of ether oxygens (including phenoxy) is 2. The molecular formula is C17H20BrF2NO4. The second kappa shape index (κ2) is 8.42. The molecule has 1 aromatic rings. The molecule has 0 spiro atoms. The minimum atomic E-state index is -3.11. The normalized spacial score (nSPS) is 11.2. The van der Waals surface area contributed by atoms with Crippen LogP contribution in [0.2, 0.25) is 0 Å². The van der Waals surface area contributed by atoms with Crippen molar-refractivity contribution >= 4 is 27.9 Å². The maximum atomic E-state index is 12.9. The molecule has 2 amide bonds. The highest BCUT2D eigenvalue weighted by Crippen LogP contribution is 2.30. The van der Waals surface area contributed by atoms with Crippen LogP contribution in [-0.2, 0) is 4.74 Å². The average Bonchev–Trinajstić information content (AvgIpc) is 2.41. The van der Waals surface area contributed by atoms with E-state index in [-0.39, 0.29) is 22.3 Å². The summed E-state index contributed by atoms with van der Waals surface area (Å²) in [5, 5.41) is 0. The quantitative estimate of drug-likeness (QED) is 0.629. The number of carbonyl (C=O) groups is 2. The SMILES string of the molecule is C=C(C)CN(C(=O)OC(C)(C)C)C(=O)c1c(Br)cccc1OC(F)F. The van der Waals surface area contributed by atoms with Gasteiger partial charge in [-0.3, -0.25) is 4.79 Å². The van der Waals surface area contributed by atoms with Crippen LogP contribution in [0.5, 0.6) is 5.75 Å². The van der Waals surface area contributed by atoms with Crippen LogP contribution in [0.1, 0.15) is 38.1 Å². The van der Waals surface area contributed by atoms with Crippen molar-refractivity contribution in [2.45, 2.75) is 39.9 Å². The second-order valence-electron chi connectivity index (χ2n) is 6.32. The molecule has 0 saturated carbocycles. The van der Waals surface area contributed by atoms with Crippen molar-refractivity contribution in [3.8, 4) is 5.75 Å². The predicted octanol–water partition coefficient (Wildman–Crippen LogP) is 5.00. The summed E-state index contributed by atoms with van der Waals surface area (Å²) in [6.07, 6.45) is -0.903. The van der Waals surface area contributed by atoms with E-state index in [0.29, 0.717) is 5.57 Å². The van der Waals surface area contributed by atoms with Gasteiger partial charge in [-0.05, 0) is 55.8 Å². The van der Waals surface area contributed by atoms with Crippen molar-refractivity contribution in [1.29, 1.82) is 0 Å². The molecule has 138 valence electrons. The number of carbonyl (C=O) groups excluding carboxylic acids is 2. The first-order valence-electron chi connectivity index (χ1n) is 7.35. The van der Waals surface area contributed by atoms with Crippen LogP contribution >= 0.6 is 15.9 Å². The average molecular weight is 420 g/mol. The molecule has 0 N–H and O–H groups in total. The van der Waals surface area contributed by atoms with E-state index in [2.05, 4.69) is 27.2 Å². The van der Waals surface area contributed by atoms with Gasteiger partial charge in [0.05, 0.1) is 12.1 Å². The largest absolute Gasteiger partial charge is 0.443 e. The van der Waals surface area contributed by atoms with Crippen molar-refractivity contribution in [2.75, 3.05) is 6.54 Å². The predicted molar refractivity (Wildman–Crippen MR) is 92.9 cm³/mol. The summed E-state index contributed by atoms with van der Waals surface area (Å²) in [5.74, 6) is -1.18. The Hall–Kier alpha value is -1.96. The summed E-state index contributed by atoms with van der Waals surface area (Å²) in [6, 6.07) is 4.15. The number of halogens is 3. The molecule has 1 rings (SSSR count). The van der Waals surface area contributed by atoms with E-state index in [1.807, 2.05) is 0 Å². The number of hydrogen-bond acceptors (Lipinski definition) is 4. The van der Waals surface area contributed by atoms with Gasteiger partial charge in [0, 0.05) is 4.47 Å². The first-order valence-corrected chi connectivity index (χ1v) is 8.14. The summed E-state index contributed by atoms with van der Waals surface area (Å²) in [6.45, 7) is 7.02. The van der Waals surface area contributed by atoms with Crippen LogP contribution in [0.15, 0.2) is 34.8 Å². The molecule has 0 bridgehead atoms. The van der Waals surface area contributed by atoms with E-state index >= 15 is 0 Å². The molecule has 0 aliphatic heterocycles. The van der Waals surface area contributed by atoms with Gasteiger partial charge in [0.15, 0.2) is 0 Å². The first-order chi connectivity index (χ1) is 11.4. The number of alkyl halides is 2. The Kier molecular flexibility index (Phi) is 7.10. The Morgan fingerprint density at radius 1 is 1.32 bits per heavy atom. The van der Waals surface area contributed by atoms with Crippen molar-refractivity contribution in [3.05, 3.63) is 40.4 Å². The van der Waals surface area contributed by atoms with Crippen LogP contribution < -0.4 is 4.74 Å². The zero-order chi connectivity index (χ0) is 19.4. The molecule has 0 aromatic heterocycles. The minimum absolute atomic E-state index is 0.122. The molecule has 0 radical (unpaired) electrons. The lowest BCUT2D eigenvalue weighted by Crippen LogP contribution is -2.42. The topological polar surface area (TPSA) is 55.8 Å². The molecule has 25 heavy (non-hydrogen) atoms. The summed E-state index contributed by atoms with van der Waals surface area (Å²) in [7, 11) is 0. The van der Waals surface area contributed by atoms with E-state index in [9.17, 15) is 18.4 Å². The lowest BCUT2D eigenvalue weighted by Gasteiger charge is -2.27. The lowest BCUT2D eigenvalue weighted by atomic mass is 10.1. The number of benzene rings is 1. The lowest BCUT2D eigenvalue weighted by molar-refractivity contribution is -0.0503. The number of nitrogens with zero attached hydrogens (tertiary/aromatic N) is 1. The highest BCUT2D eigenvalue weighted by molar-refractivity contribution is 9.10. The summed E-state index contributed by atoms with van der Waals surface area (Å²) in [5.41, 5.74) is -0.515. The summed E-state index contributed by atoms with van der Waals surface area (Å²) >= 11 is 3.14. The van der Waals surface area contributed by atoms with Gasteiger partial charge < -0.3 is 9.47 Å². The zero-order valence-corrected chi connectivity index (χ0v) is 16.0. The van der Waals surface area contributed by atoms with Crippen LogP contribution in [-0.4, -0.2) is 35.7 Å². The number of imide groups is 1. The molecular weight excluding hydrogens is 400 g/mol. The van der Waals surface area contributed by atoms with Gasteiger partial charge >= 0.3 is 12.7 Å². The third-order valence-electron chi connectivity index (χ3n) is 2.69. The van der Waals surface area contributed by atoms with Crippen molar-refractivity contribution in [1.82, 2.24) is 4.90 Å². The highest BCUT2D eigenvalue weighted by atomic mass is 79.9. The molecule has 0 saturated heterocycles. The summed E-state index contributed by atoms with van der Waals surface area (Å²) < 4.78 is 35.1.